The molecule has 4 heteroatoms. The minimum Gasteiger partial charge on any atom is -0.399 e. The van der Waals surface area contributed by atoms with Gasteiger partial charge in [0, 0.05) is 23.5 Å². The maximum absolute atomic E-state index is 11.9. The van der Waals surface area contributed by atoms with E-state index in [9.17, 15) is 4.79 Å². The molecule has 0 unspecified atom stereocenters. The lowest BCUT2D eigenvalue weighted by atomic mass is 10.0. The lowest BCUT2D eigenvalue weighted by molar-refractivity contribution is 0.0946. The molecule has 0 fully saturated rings. The van der Waals surface area contributed by atoms with Crippen LogP contribution in [0.3, 0.4) is 0 Å². The fourth-order valence-electron chi connectivity index (χ4n) is 1.72. The minimum atomic E-state index is -0.115. The maximum atomic E-state index is 11.9. The molecule has 4 nitrogen and oxygen atoms in total. The van der Waals surface area contributed by atoms with E-state index in [1.54, 1.807) is 18.2 Å². The van der Waals surface area contributed by atoms with E-state index in [0.29, 0.717) is 29.4 Å². The second-order valence-corrected chi connectivity index (χ2v) is 4.28. The van der Waals surface area contributed by atoms with Crippen LogP contribution in [0.25, 0.3) is 0 Å². The van der Waals surface area contributed by atoms with Crippen molar-refractivity contribution >= 4 is 17.3 Å². The van der Waals surface area contributed by atoms with Crippen LogP contribution < -0.4 is 16.8 Å². The Kier molecular flexibility index (Phi) is 4.82. The molecule has 0 bridgehead atoms. The van der Waals surface area contributed by atoms with Crippen LogP contribution in [-0.4, -0.2) is 12.5 Å². The first-order valence-electron chi connectivity index (χ1n) is 6.01. The van der Waals surface area contributed by atoms with Crippen molar-refractivity contribution in [3.8, 4) is 0 Å². The summed E-state index contributed by atoms with van der Waals surface area (Å²) in [5.74, 6) is 0.410. The van der Waals surface area contributed by atoms with Gasteiger partial charge in [0.15, 0.2) is 0 Å². The summed E-state index contributed by atoms with van der Waals surface area (Å²) in [6.45, 7) is 4.94. The first-order valence-corrected chi connectivity index (χ1v) is 6.01. The second-order valence-electron chi connectivity index (χ2n) is 4.28. The number of hydrogen-bond acceptors (Lipinski definition) is 3. The number of benzene rings is 1. The van der Waals surface area contributed by atoms with E-state index in [1.807, 2.05) is 0 Å². The fraction of sp³-hybridized carbons (Fsp3) is 0.462. The zero-order chi connectivity index (χ0) is 12.8. The maximum Gasteiger partial charge on any atom is 0.251 e. The van der Waals surface area contributed by atoms with Gasteiger partial charge in [-0.05, 0) is 24.1 Å². The van der Waals surface area contributed by atoms with Crippen LogP contribution in [0.2, 0.25) is 0 Å². The molecule has 0 heterocycles. The lowest BCUT2D eigenvalue weighted by Crippen LogP contribution is -2.29. The van der Waals surface area contributed by atoms with Crippen LogP contribution in [0, 0.1) is 5.92 Å². The minimum absolute atomic E-state index is 0.115. The molecule has 94 valence electrons. The first-order chi connectivity index (χ1) is 8.06. The molecule has 0 aliphatic carbocycles. The van der Waals surface area contributed by atoms with Crippen LogP contribution >= 0.6 is 0 Å². The van der Waals surface area contributed by atoms with Gasteiger partial charge in [0.05, 0.1) is 0 Å². The first kappa shape index (κ1) is 13.4. The van der Waals surface area contributed by atoms with Crippen molar-refractivity contribution in [1.82, 2.24) is 5.32 Å². The van der Waals surface area contributed by atoms with E-state index in [2.05, 4.69) is 19.2 Å². The number of rotatable bonds is 5. The molecule has 0 spiro atoms. The van der Waals surface area contributed by atoms with E-state index in [-0.39, 0.29) is 5.91 Å². The predicted octanol–water partition coefficient (Wildman–Crippen LogP) is 2.02. The third-order valence-electron chi connectivity index (χ3n) is 2.95. The summed E-state index contributed by atoms with van der Waals surface area (Å²) >= 11 is 0. The molecule has 1 amide bonds. The Morgan fingerprint density at radius 3 is 2.18 bits per heavy atom. The van der Waals surface area contributed by atoms with Crippen LogP contribution in [0.1, 0.15) is 37.0 Å². The molecule has 0 atom stereocenters. The van der Waals surface area contributed by atoms with Gasteiger partial charge in [0.25, 0.3) is 5.91 Å². The molecule has 5 N–H and O–H groups in total. The van der Waals surface area contributed by atoms with Crippen molar-refractivity contribution in [2.24, 2.45) is 5.92 Å². The van der Waals surface area contributed by atoms with Crippen LogP contribution in [0.4, 0.5) is 11.4 Å². The molecule has 0 radical (unpaired) electrons. The van der Waals surface area contributed by atoms with Gasteiger partial charge in [0.2, 0.25) is 0 Å². The highest BCUT2D eigenvalue weighted by Gasteiger charge is 2.09. The van der Waals surface area contributed by atoms with E-state index >= 15 is 0 Å². The summed E-state index contributed by atoms with van der Waals surface area (Å²) in [6.07, 6.45) is 2.13. The fourth-order valence-corrected chi connectivity index (χ4v) is 1.72. The highest BCUT2D eigenvalue weighted by atomic mass is 16.1. The average Bonchev–Trinajstić information content (AvgIpc) is 2.28. The summed E-state index contributed by atoms with van der Waals surface area (Å²) < 4.78 is 0. The Morgan fingerprint density at radius 1 is 1.18 bits per heavy atom. The second kappa shape index (κ2) is 6.13. The molecule has 0 saturated heterocycles. The monoisotopic (exact) mass is 235 g/mol. The number of carbonyl (C=O) groups excluding carboxylic acids is 1. The molecular formula is C13H21N3O. The van der Waals surface area contributed by atoms with Gasteiger partial charge < -0.3 is 16.8 Å². The SMILES string of the molecule is CCC(CC)CNC(=O)c1cc(N)cc(N)c1. The largest absolute Gasteiger partial charge is 0.399 e. The summed E-state index contributed by atoms with van der Waals surface area (Å²) in [5, 5.41) is 2.91. The van der Waals surface area contributed by atoms with Crippen molar-refractivity contribution < 1.29 is 4.79 Å². The Hall–Kier alpha value is -1.71. The highest BCUT2D eigenvalue weighted by Crippen LogP contribution is 2.14. The number of nitrogens with one attached hydrogen (secondary N) is 1. The normalized spacial score (nSPS) is 10.5. The summed E-state index contributed by atoms with van der Waals surface area (Å²) in [4.78, 5) is 11.9. The molecular weight excluding hydrogens is 214 g/mol. The number of anilines is 2. The van der Waals surface area contributed by atoms with Gasteiger partial charge in [-0.1, -0.05) is 26.7 Å². The molecule has 1 rings (SSSR count). The van der Waals surface area contributed by atoms with Gasteiger partial charge in [-0.3, -0.25) is 4.79 Å². The highest BCUT2D eigenvalue weighted by molar-refractivity contribution is 5.96. The third kappa shape index (κ3) is 3.98. The van der Waals surface area contributed by atoms with Crippen LogP contribution in [0.5, 0.6) is 0 Å². The van der Waals surface area contributed by atoms with E-state index in [4.69, 9.17) is 11.5 Å². The standard InChI is InChI=1S/C13H21N3O/c1-3-9(4-2)8-16-13(17)10-5-11(14)7-12(15)6-10/h5-7,9H,3-4,8,14-15H2,1-2H3,(H,16,17). The smallest absolute Gasteiger partial charge is 0.251 e. The average molecular weight is 235 g/mol. The number of amides is 1. The van der Waals surface area contributed by atoms with Crippen molar-refractivity contribution in [3.63, 3.8) is 0 Å². The van der Waals surface area contributed by atoms with Gasteiger partial charge in [-0.15, -0.1) is 0 Å². The van der Waals surface area contributed by atoms with E-state index in [0.717, 1.165) is 12.8 Å². The quantitative estimate of drug-likeness (QED) is 0.683. The number of carbonyl (C=O) groups is 1. The van der Waals surface area contributed by atoms with Crippen molar-refractivity contribution in [3.05, 3.63) is 23.8 Å². The van der Waals surface area contributed by atoms with Gasteiger partial charge in [0.1, 0.15) is 0 Å². The Bertz CT molecular complexity index is 366. The van der Waals surface area contributed by atoms with Crippen LogP contribution in [-0.2, 0) is 0 Å². The number of nitrogens with two attached hydrogens (primary N) is 2. The molecule has 0 aliphatic heterocycles. The van der Waals surface area contributed by atoms with Gasteiger partial charge >= 0.3 is 0 Å². The summed E-state index contributed by atoms with van der Waals surface area (Å²) in [5.41, 5.74) is 12.8. The molecule has 1 aromatic rings. The van der Waals surface area contributed by atoms with Crippen molar-refractivity contribution in [2.75, 3.05) is 18.0 Å². The molecule has 0 aliphatic rings. The Morgan fingerprint density at radius 2 is 1.71 bits per heavy atom. The Labute approximate surface area is 102 Å². The Balaban J connectivity index is 2.63. The van der Waals surface area contributed by atoms with Gasteiger partial charge in [-0.25, -0.2) is 0 Å². The van der Waals surface area contributed by atoms with Gasteiger partial charge in [-0.2, -0.15) is 0 Å². The zero-order valence-electron chi connectivity index (χ0n) is 10.5. The number of hydrogen-bond donors (Lipinski definition) is 3. The zero-order valence-corrected chi connectivity index (χ0v) is 10.5. The predicted molar refractivity (Wildman–Crippen MR) is 71.7 cm³/mol. The lowest BCUT2D eigenvalue weighted by Gasteiger charge is -2.13. The molecule has 0 aromatic heterocycles. The molecule has 1 aromatic carbocycles. The summed E-state index contributed by atoms with van der Waals surface area (Å²) in [7, 11) is 0. The molecule has 17 heavy (non-hydrogen) atoms. The van der Waals surface area contributed by atoms with Crippen molar-refractivity contribution in [1.29, 1.82) is 0 Å². The number of nitrogen functional groups attached to an aromatic ring is 2. The van der Waals surface area contributed by atoms with E-state index in [1.165, 1.54) is 0 Å². The van der Waals surface area contributed by atoms with E-state index < -0.39 is 0 Å². The molecule has 0 saturated carbocycles. The van der Waals surface area contributed by atoms with Crippen molar-refractivity contribution in [2.45, 2.75) is 26.7 Å². The topological polar surface area (TPSA) is 81.1 Å². The summed E-state index contributed by atoms with van der Waals surface area (Å²) in [6, 6.07) is 4.91. The van der Waals surface area contributed by atoms with Crippen LogP contribution in [0.15, 0.2) is 18.2 Å². The third-order valence-corrected chi connectivity index (χ3v) is 2.95.